The number of rotatable bonds is 1. The molecule has 0 saturated heterocycles. The molecule has 0 radical (unpaired) electrons. The molecule has 0 spiro atoms. The van der Waals surface area contributed by atoms with Crippen LogP contribution >= 0.6 is 0 Å². The Morgan fingerprint density at radius 1 is 1.19 bits per heavy atom. The third-order valence-electron chi connectivity index (χ3n) is 3.22. The topological polar surface area (TPSA) is 37.8 Å². The van der Waals surface area contributed by atoms with Gasteiger partial charge in [0.2, 0.25) is 0 Å². The Morgan fingerprint density at radius 2 is 1.94 bits per heavy atom. The second kappa shape index (κ2) is 3.37. The minimum atomic E-state index is 0.122. The van der Waals surface area contributed by atoms with Gasteiger partial charge in [0.1, 0.15) is 0 Å². The fraction of sp³-hybridized carbons (Fsp3) is 0.308. The van der Waals surface area contributed by atoms with Crippen molar-refractivity contribution in [3.8, 4) is 5.69 Å². The van der Waals surface area contributed by atoms with E-state index in [9.17, 15) is 4.79 Å². The molecular weight excluding hydrogens is 200 g/mol. The molecule has 1 aliphatic carbocycles. The van der Waals surface area contributed by atoms with E-state index in [4.69, 9.17) is 0 Å². The number of H-pyrrole nitrogens is 1. The Bertz CT molecular complexity index is 575. The Kier molecular flexibility index (Phi) is 1.99. The van der Waals surface area contributed by atoms with Gasteiger partial charge in [0.05, 0.1) is 5.69 Å². The van der Waals surface area contributed by atoms with Gasteiger partial charge in [-0.15, -0.1) is 0 Å². The van der Waals surface area contributed by atoms with Crippen molar-refractivity contribution in [2.24, 2.45) is 0 Å². The van der Waals surface area contributed by atoms with Crippen LogP contribution in [0, 0.1) is 6.92 Å². The molecule has 3 nitrogen and oxygen atoms in total. The Hall–Kier alpha value is -1.77. The van der Waals surface area contributed by atoms with Crippen LogP contribution in [0.15, 0.2) is 29.1 Å². The molecule has 1 N–H and O–H groups in total. The second-order valence-corrected chi connectivity index (χ2v) is 4.40. The first-order chi connectivity index (χ1) is 7.75. The van der Waals surface area contributed by atoms with Gasteiger partial charge < -0.3 is 0 Å². The smallest absolute Gasteiger partial charge is 0.274 e. The van der Waals surface area contributed by atoms with Crippen LogP contribution in [0.5, 0.6) is 0 Å². The highest BCUT2D eigenvalue weighted by Crippen LogP contribution is 2.17. The average molecular weight is 214 g/mol. The van der Waals surface area contributed by atoms with Crippen molar-refractivity contribution in [3.05, 3.63) is 51.4 Å². The first-order valence-corrected chi connectivity index (χ1v) is 5.65. The van der Waals surface area contributed by atoms with Crippen molar-refractivity contribution in [1.29, 1.82) is 0 Å². The van der Waals surface area contributed by atoms with E-state index in [2.05, 4.69) is 5.10 Å². The molecule has 0 bridgehead atoms. The number of aromatic amines is 1. The number of hydrogen-bond donors (Lipinski definition) is 1. The SMILES string of the molecule is Cc1ccc(-n2[nH]c3c(c2=O)CCC3)cc1. The maximum atomic E-state index is 12.1. The Balaban J connectivity index is 2.14. The first kappa shape index (κ1) is 9.46. The summed E-state index contributed by atoms with van der Waals surface area (Å²) in [6.07, 6.45) is 3.03. The molecule has 1 aliphatic rings. The summed E-state index contributed by atoms with van der Waals surface area (Å²) in [6, 6.07) is 7.99. The van der Waals surface area contributed by atoms with Gasteiger partial charge in [0.15, 0.2) is 0 Å². The highest BCUT2D eigenvalue weighted by Gasteiger charge is 2.19. The van der Waals surface area contributed by atoms with Gasteiger partial charge in [-0.25, -0.2) is 4.68 Å². The molecular formula is C13H14N2O. The van der Waals surface area contributed by atoms with E-state index in [1.807, 2.05) is 31.2 Å². The van der Waals surface area contributed by atoms with E-state index in [1.54, 1.807) is 4.68 Å². The van der Waals surface area contributed by atoms with Crippen LogP contribution in [0.1, 0.15) is 23.2 Å². The lowest BCUT2D eigenvalue weighted by molar-refractivity contribution is 0.779. The molecule has 3 rings (SSSR count). The summed E-state index contributed by atoms with van der Waals surface area (Å²) in [5, 5.41) is 3.20. The van der Waals surface area contributed by atoms with Gasteiger partial charge in [0.25, 0.3) is 5.56 Å². The van der Waals surface area contributed by atoms with Crippen molar-refractivity contribution >= 4 is 0 Å². The van der Waals surface area contributed by atoms with Gasteiger partial charge in [0, 0.05) is 11.3 Å². The fourth-order valence-corrected chi connectivity index (χ4v) is 2.30. The number of aryl methyl sites for hydroxylation is 2. The molecule has 2 aromatic rings. The lowest BCUT2D eigenvalue weighted by Crippen LogP contribution is -2.17. The fourth-order valence-electron chi connectivity index (χ4n) is 2.30. The van der Waals surface area contributed by atoms with Gasteiger partial charge in [-0.1, -0.05) is 17.7 Å². The van der Waals surface area contributed by atoms with Crippen molar-refractivity contribution in [3.63, 3.8) is 0 Å². The summed E-state index contributed by atoms with van der Waals surface area (Å²) in [7, 11) is 0. The van der Waals surface area contributed by atoms with Gasteiger partial charge >= 0.3 is 0 Å². The number of fused-ring (bicyclic) bond motifs is 1. The largest absolute Gasteiger partial charge is 0.295 e. The van der Waals surface area contributed by atoms with E-state index in [1.165, 1.54) is 5.56 Å². The highest BCUT2D eigenvalue weighted by atomic mass is 16.1. The molecule has 1 aromatic heterocycles. The molecule has 0 fully saturated rings. The van der Waals surface area contributed by atoms with Crippen LogP contribution in [0.3, 0.4) is 0 Å². The van der Waals surface area contributed by atoms with E-state index in [0.717, 1.165) is 36.2 Å². The molecule has 0 saturated carbocycles. The molecule has 0 atom stereocenters. The molecule has 0 aliphatic heterocycles. The maximum absolute atomic E-state index is 12.1. The molecule has 16 heavy (non-hydrogen) atoms. The molecule has 1 heterocycles. The van der Waals surface area contributed by atoms with Crippen LogP contribution in [0.2, 0.25) is 0 Å². The van der Waals surface area contributed by atoms with Crippen molar-refractivity contribution in [1.82, 2.24) is 9.78 Å². The van der Waals surface area contributed by atoms with E-state index in [-0.39, 0.29) is 5.56 Å². The normalized spacial score (nSPS) is 14.1. The standard InChI is InChI=1S/C13H14N2O/c1-9-5-7-10(8-6-9)15-13(16)11-3-2-4-12(11)14-15/h5-8,14H,2-4H2,1H3. The summed E-state index contributed by atoms with van der Waals surface area (Å²) >= 11 is 0. The Morgan fingerprint density at radius 3 is 2.62 bits per heavy atom. The zero-order valence-electron chi connectivity index (χ0n) is 9.29. The number of hydrogen-bond acceptors (Lipinski definition) is 1. The van der Waals surface area contributed by atoms with Crippen LogP contribution in [-0.4, -0.2) is 9.78 Å². The monoisotopic (exact) mass is 214 g/mol. The molecule has 82 valence electrons. The van der Waals surface area contributed by atoms with Crippen molar-refractivity contribution in [2.45, 2.75) is 26.2 Å². The van der Waals surface area contributed by atoms with Gasteiger partial charge in [-0.05, 0) is 38.3 Å². The predicted octanol–water partition coefficient (Wildman–Crippen LogP) is 1.96. The summed E-state index contributed by atoms with van der Waals surface area (Å²) < 4.78 is 1.66. The lowest BCUT2D eigenvalue weighted by atomic mass is 10.2. The summed E-state index contributed by atoms with van der Waals surface area (Å²) in [4.78, 5) is 12.1. The maximum Gasteiger partial charge on any atom is 0.274 e. The molecule has 1 aromatic carbocycles. The van der Waals surface area contributed by atoms with E-state index in [0.29, 0.717) is 0 Å². The first-order valence-electron chi connectivity index (χ1n) is 5.65. The second-order valence-electron chi connectivity index (χ2n) is 4.40. The summed E-state index contributed by atoms with van der Waals surface area (Å²) in [5.41, 5.74) is 4.34. The molecule has 0 unspecified atom stereocenters. The predicted molar refractivity (Wildman–Crippen MR) is 63.2 cm³/mol. The number of nitrogens with zero attached hydrogens (tertiary/aromatic N) is 1. The van der Waals surface area contributed by atoms with Crippen LogP contribution in [0.25, 0.3) is 5.69 Å². The minimum Gasteiger partial charge on any atom is -0.295 e. The van der Waals surface area contributed by atoms with Crippen molar-refractivity contribution in [2.75, 3.05) is 0 Å². The average Bonchev–Trinajstić information content (AvgIpc) is 2.84. The van der Waals surface area contributed by atoms with Gasteiger partial charge in [-0.2, -0.15) is 0 Å². The Labute approximate surface area is 93.7 Å². The zero-order valence-corrected chi connectivity index (χ0v) is 9.29. The number of nitrogens with one attached hydrogen (secondary N) is 1. The van der Waals surface area contributed by atoms with E-state index < -0.39 is 0 Å². The lowest BCUT2D eigenvalue weighted by Gasteiger charge is -2.02. The molecule has 0 amide bonds. The van der Waals surface area contributed by atoms with Crippen LogP contribution < -0.4 is 5.56 Å². The number of aromatic nitrogens is 2. The van der Waals surface area contributed by atoms with Crippen LogP contribution in [0.4, 0.5) is 0 Å². The highest BCUT2D eigenvalue weighted by molar-refractivity contribution is 5.36. The third-order valence-corrected chi connectivity index (χ3v) is 3.22. The minimum absolute atomic E-state index is 0.122. The van der Waals surface area contributed by atoms with Gasteiger partial charge in [-0.3, -0.25) is 9.89 Å². The quantitative estimate of drug-likeness (QED) is 0.774. The molecule has 3 heteroatoms. The number of benzene rings is 1. The summed E-state index contributed by atoms with van der Waals surface area (Å²) in [6.45, 7) is 2.04. The van der Waals surface area contributed by atoms with Crippen molar-refractivity contribution < 1.29 is 0 Å². The summed E-state index contributed by atoms with van der Waals surface area (Å²) in [5.74, 6) is 0. The third kappa shape index (κ3) is 1.32. The van der Waals surface area contributed by atoms with E-state index >= 15 is 0 Å². The van der Waals surface area contributed by atoms with Crippen LogP contribution in [-0.2, 0) is 12.8 Å². The zero-order chi connectivity index (χ0) is 11.1.